The summed E-state index contributed by atoms with van der Waals surface area (Å²) in [6.45, 7) is 9.66. The number of rotatable bonds is 10. The number of ether oxygens (including phenoxy) is 2. The van der Waals surface area contributed by atoms with Gasteiger partial charge in [-0.2, -0.15) is 0 Å². The van der Waals surface area contributed by atoms with Crippen molar-refractivity contribution in [1.82, 2.24) is 4.90 Å². The normalized spacial score (nSPS) is 15.0. The summed E-state index contributed by atoms with van der Waals surface area (Å²) < 4.78 is 10.7. The van der Waals surface area contributed by atoms with Crippen molar-refractivity contribution in [2.75, 3.05) is 44.5 Å². The molecule has 3 rings (SSSR count). The van der Waals surface area contributed by atoms with Crippen LogP contribution >= 0.6 is 0 Å². The van der Waals surface area contributed by atoms with E-state index in [1.54, 1.807) is 20.3 Å². The van der Waals surface area contributed by atoms with Gasteiger partial charge < -0.3 is 25.0 Å². The minimum absolute atomic E-state index is 0.0266. The summed E-state index contributed by atoms with van der Waals surface area (Å²) >= 11 is 0. The molecule has 2 N–H and O–H groups in total. The van der Waals surface area contributed by atoms with Gasteiger partial charge in [-0.15, -0.1) is 0 Å². The lowest BCUT2D eigenvalue weighted by Crippen LogP contribution is -2.25. The highest BCUT2D eigenvalue weighted by molar-refractivity contribution is 6.31. The van der Waals surface area contributed by atoms with Gasteiger partial charge >= 0.3 is 0 Å². The zero-order valence-corrected chi connectivity index (χ0v) is 19.1. The number of amides is 1. The molecule has 0 bridgehead atoms. The van der Waals surface area contributed by atoms with E-state index < -0.39 is 0 Å². The maximum absolute atomic E-state index is 12.5. The van der Waals surface area contributed by atoms with Crippen LogP contribution in [0.3, 0.4) is 0 Å². The van der Waals surface area contributed by atoms with Crippen LogP contribution in [0, 0.1) is 0 Å². The van der Waals surface area contributed by atoms with E-state index in [9.17, 15) is 4.79 Å². The molecular weight excluding hydrogens is 390 g/mol. The first-order chi connectivity index (χ1) is 15.0. The van der Waals surface area contributed by atoms with Gasteiger partial charge in [0.1, 0.15) is 0 Å². The third kappa shape index (κ3) is 5.39. The van der Waals surface area contributed by atoms with E-state index in [4.69, 9.17) is 9.47 Å². The maximum atomic E-state index is 12.5. The Balaban J connectivity index is 1.69. The van der Waals surface area contributed by atoms with Gasteiger partial charge in [0.2, 0.25) is 0 Å². The molecule has 1 heterocycles. The van der Waals surface area contributed by atoms with Gasteiger partial charge in [-0.3, -0.25) is 4.79 Å². The van der Waals surface area contributed by atoms with Crippen LogP contribution in [0.2, 0.25) is 0 Å². The van der Waals surface area contributed by atoms with E-state index in [1.807, 2.05) is 19.1 Å². The average molecular weight is 424 g/mol. The number of hydrogen-bond donors (Lipinski definition) is 2. The monoisotopic (exact) mass is 423 g/mol. The molecule has 6 nitrogen and oxygen atoms in total. The summed E-state index contributed by atoms with van der Waals surface area (Å²) in [5.74, 6) is 1.07. The number of carbonyl (C=O) groups excluding carboxylic acids is 1. The number of fused-ring (bicyclic) bond motifs is 1. The third-order valence-corrected chi connectivity index (χ3v) is 5.68. The molecule has 31 heavy (non-hydrogen) atoms. The Morgan fingerprint density at radius 1 is 1.06 bits per heavy atom. The number of carbonyl (C=O) groups is 1. The minimum Gasteiger partial charge on any atom is -0.493 e. The number of nitrogens with one attached hydrogen (secondary N) is 2. The Morgan fingerprint density at radius 3 is 2.32 bits per heavy atom. The molecule has 1 atom stereocenters. The fraction of sp³-hybridized carbons (Fsp3) is 0.400. The largest absolute Gasteiger partial charge is 0.493 e. The molecule has 1 aliphatic rings. The number of anilines is 2. The van der Waals surface area contributed by atoms with Crippen LogP contribution in [-0.2, 0) is 11.2 Å². The summed E-state index contributed by atoms with van der Waals surface area (Å²) in [5, 5.41) is 6.37. The summed E-state index contributed by atoms with van der Waals surface area (Å²) in [6, 6.07) is 12.1. The second-order valence-electron chi connectivity index (χ2n) is 7.69. The average Bonchev–Trinajstić information content (AvgIpc) is 3.08. The number of methoxy groups -OCH3 is 2. The highest BCUT2D eigenvalue weighted by Crippen LogP contribution is 2.40. The molecule has 2 aromatic carbocycles. The molecule has 0 radical (unpaired) electrons. The van der Waals surface area contributed by atoms with E-state index in [0.29, 0.717) is 17.1 Å². The Hall–Kier alpha value is -2.99. The number of hydrogen-bond acceptors (Lipinski definition) is 5. The Kier molecular flexibility index (Phi) is 7.58. The van der Waals surface area contributed by atoms with E-state index in [2.05, 4.69) is 53.6 Å². The number of nitrogens with zero attached hydrogens (tertiary/aromatic N) is 1. The Bertz CT molecular complexity index is 934. The van der Waals surface area contributed by atoms with E-state index in [0.717, 1.165) is 43.0 Å². The molecule has 0 spiro atoms. The summed E-state index contributed by atoms with van der Waals surface area (Å²) in [4.78, 5) is 15.0. The second kappa shape index (κ2) is 10.4. The lowest BCUT2D eigenvalue weighted by atomic mass is 10.0. The molecule has 0 saturated heterocycles. The zero-order valence-electron chi connectivity index (χ0n) is 19.1. The highest BCUT2D eigenvalue weighted by atomic mass is 16.5. The number of benzene rings is 2. The van der Waals surface area contributed by atoms with Gasteiger partial charge in [0.05, 0.1) is 19.9 Å². The van der Waals surface area contributed by atoms with Crippen molar-refractivity contribution in [3.8, 4) is 11.5 Å². The number of likely N-dealkylation sites (N-methyl/N-ethyl adjacent to an activating group) is 1. The lowest BCUT2D eigenvalue weighted by Gasteiger charge is -2.18. The highest BCUT2D eigenvalue weighted by Gasteiger charge is 2.27. The van der Waals surface area contributed by atoms with Gasteiger partial charge in [-0.25, -0.2) is 0 Å². The molecule has 0 aliphatic carbocycles. The molecular formula is C25H33N3O3. The van der Waals surface area contributed by atoms with Gasteiger partial charge in [0.15, 0.2) is 11.5 Å². The van der Waals surface area contributed by atoms with Gasteiger partial charge in [-0.1, -0.05) is 26.0 Å². The van der Waals surface area contributed by atoms with Crippen LogP contribution in [0.15, 0.2) is 42.5 Å². The Labute approximate surface area is 185 Å². The van der Waals surface area contributed by atoms with Crippen molar-refractivity contribution < 1.29 is 14.3 Å². The van der Waals surface area contributed by atoms with Crippen LogP contribution in [0.5, 0.6) is 11.5 Å². The second-order valence-corrected chi connectivity index (χ2v) is 7.69. The van der Waals surface area contributed by atoms with Crippen LogP contribution in [0.25, 0.3) is 5.57 Å². The lowest BCUT2D eigenvalue weighted by molar-refractivity contribution is -0.110. The minimum atomic E-state index is -0.120. The maximum Gasteiger partial charge on any atom is 0.256 e. The molecule has 0 aromatic heterocycles. The fourth-order valence-electron chi connectivity index (χ4n) is 3.83. The topological polar surface area (TPSA) is 62.8 Å². The Morgan fingerprint density at radius 2 is 1.71 bits per heavy atom. The quantitative estimate of drug-likeness (QED) is 0.554. The van der Waals surface area contributed by atoms with Crippen molar-refractivity contribution in [1.29, 1.82) is 0 Å². The summed E-state index contributed by atoms with van der Waals surface area (Å²) in [7, 11) is 3.17. The van der Waals surface area contributed by atoms with E-state index >= 15 is 0 Å². The predicted molar refractivity (Wildman–Crippen MR) is 127 cm³/mol. The molecule has 1 amide bonds. The molecule has 1 unspecified atom stereocenters. The molecule has 0 fully saturated rings. The zero-order chi connectivity index (χ0) is 22.4. The van der Waals surface area contributed by atoms with Crippen molar-refractivity contribution in [3.05, 3.63) is 53.6 Å². The smallest absolute Gasteiger partial charge is 0.256 e. The van der Waals surface area contributed by atoms with Gasteiger partial charge in [0.25, 0.3) is 5.91 Å². The standard InChI is InChI=1S/C25H33N3O3/c1-6-28(7-2)13-12-18-8-10-19(11-9-18)26-17(3)14-21-20-15-23(30-4)24(31-5)16-22(20)27-25(21)29/h8-11,14-17,26H,6-7,12-13H2,1-5H3,(H,27,29). The van der Waals surface area contributed by atoms with Gasteiger partial charge in [-0.05, 0) is 56.3 Å². The van der Waals surface area contributed by atoms with E-state index in [1.165, 1.54) is 5.56 Å². The predicted octanol–water partition coefficient (Wildman–Crippen LogP) is 4.42. The third-order valence-electron chi connectivity index (χ3n) is 5.68. The van der Waals surface area contributed by atoms with Crippen LogP contribution < -0.4 is 20.1 Å². The van der Waals surface area contributed by atoms with Crippen LogP contribution in [0.1, 0.15) is 31.9 Å². The molecule has 2 aromatic rings. The first kappa shape index (κ1) is 22.7. The first-order valence-electron chi connectivity index (χ1n) is 10.9. The molecule has 1 aliphatic heterocycles. The molecule has 166 valence electrons. The van der Waals surface area contributed by atoms with Crippen LogP contribution in [0.4, 0.5) is 11.4 Å². The summed E-state index contributed by atoms with van der Waals surface area (Å²) in [6.07, 6.45) is 2.99. The van der Waals surface area contributed by atoms with Crippen molar-refractivity contribution in [2.24, 2.45) is 0 Å². The summed E-state index contributed by atoms with van der Waals surface area (Å²) in [5.41, 5.74) is 4.55. The van der Waals surface area contributed by atoms with Crippen molar-refractivity contribution in [3.63, 3.8) is 0 Å². The molecule has 0 saturated carbocycles. The fourth-order valence-corrected chi connectivity index (χ4v) is 3.83. The van der Waals surface area contributed by atoms with Crippen LogP contribution in [-0.4, -0.2) is 50.7 Å². The van der Waals surface area contributed by atoms with Crippen molar-refractivity contribution >= 4 is 22.9 Å². The van der Waals surface area contributed by atoms with Crippen molar-refractivity contribution in [2.45, 2.75) is 33.2 Å². The van der Waals surface area contributed by atoms with E-state index in [-0.39, 0.29) is 11.9 Å². The first-order valence-corrected chi connectivity index (χ1v) is 10.9. The molecule has 6 heteroatoms. The SMILES string of the molecule is CCN(CC)CCc1ccc(NC(C)C=C2C(=O)Nc3cc(OC)c(OC)cc32)cc1. The van der Waals surface area contributed by atoms with Gasteiger partial charge in [0, 0.05) is 35.5 Å².